The number of hydrogen-bond donors (Lipinski definition) is 2. The van der Waals surface area contributed by atoms with Gasteiger partial charge in [0, 0.05) is 23.7 Å². The number of nitrogens with one attached hydrogen (secondary N) is 2. The minimum Gasteiger partial charge on any atom is -0.496 e. The molecule has 0 heterocycles. The summed E-state index contributed by atoms with van der Waals surface area (Å²) in [4.78, 5) is 35.6. The van der Waals surface area contributed by atoms with E-state index < -0.39 is 10.9 Å². The molecule has 0 saturated heterocycles. The molecule has 1 saturated carbocycles. The number of aryl methyl sites for hydroxylation is 1. The van der Waals surface area contributed by atoms with Crippen molar-refractivity contribution >= 4 is 28.9 Å². The molecule has 0 aliphatic heterocycles. The lowest BCUT2D eigenvalue weighted by Crippen LogP contribution is -2.32. The predicted molar refractivity (Wildman–Crippen MR) is 120 cm³/mol. The third kappa shape index (κ3) is 5.16. The minimum atomic E-state index is -0.756. The molecule has 2 aromatic carbocycles. The smallest absolute Gasteiger partial charge is 0.344 e. The van der Waals surface area contributed by atoms with Crippen LogP contribution < -0.4 is 15.4 Å². The van der Waals surface area contributed by atoms with Gasteiger partial charge in [-0.05, 0) is 56.4 Å². The van der Waals surface area contributed by atoms with Crippen LogP contribution in [0.5, 0.6) is 5.75 Å². The Morgan fingerprint density at radius 1 is 1.09 bits per heavy atom. The van der Waals surface area contributed by atoms with Gasteiger partial charge in [0.1, 0.15) is 17.0 Å². The summed E-state index contributed by atoms with van der Waals surface area (Å²) in [6.45, 7) is 1.93. The first-order valence-corrected chi connectivity index (χ1v) is 10.4. The maximum absolute atomic E-state index is 12.7. The number of rotatable bonds is 7. The first kappa shape index (κ1) is 23.1. The summed E-state index contributed by atoms with van der Waals surface area (Å²) < 4.78 is 9.96. The van der Waals surface area contributed by atoms with Crippen molar-refractivity contribution in [3.8, 4) is 5.75 Å². The van der Waals surface area contributed by atoms with Gasteiger partial charge in [-0.15, -0.1) is 0 Å². The third-order valence-corrected chi connectivity index (χ3v) is 5.76. The fourth-order valence-electron chi connectivity index (χ4n) is 3.99. The number of nitro benzene ring substituents is 1. The Bertz CT molecular complexity index is 1010. The van der Waals surface area contributed by atoms with Crippen LogP contribution in [0, 0.1) is 23.0 Å². The molecule has 2 N–H and O–H groups in total. The molecule has 0 bridgehead atoms. The van der Waals surface area contributed by atoms with E-state index in [1.807, 2.05) is 19.1 Å². The van der Waals surface area contributed by atoms with E-state index in [9.17, 15) is 19.7 Å². The second-order valence-corrected chi connectivity index (χ2v) is 7.82. The number of methoxy groups -OCH3 is 2. The molecule has 3 rings (SSSR count). The number of amides is 1. The quantitative estimate of drug-likeness (QED) is 0.373. The normalized spacial score (nSPS) is 17.8. The Kier molecular flexibility index (Phi) is 7.29. The number of nitrogens with zero attached hydrogens (tertiary/aromatic N) is 1. The molecule has 1 fully saturated rings. The maximum Gasteiger partial charge on any atom is 0.344 e. The molecule has 0 atom stereocenters. The Morgan fingerprint density at radius 2 is 1.81 bits per heavy atom. The van der Waals surface area contributed by atoms with Gasteiger partial charge in [-0.2, -0.15) is 0 Å². The van der Waals surface area contributed by atoms with E-state index in [0.29, 0.717) is 37.1 Å². The molecule has 1 aliphatic rings. The lowest BCUT2D eigenvalue weighted by molar-refractivity contribution is -0.384. The van der Waals surface area contributed by atoms with Gasteiger partial charge in [0.2, 0.25) is 5.91 Å². The van der Waals surface area contributed by atoms with Crippen LogP contribution in [0.1, 0.15) is 41.6 Å². The number of carbonyl (C=O) groups excluding carboxylic acids is 2. The molecule has 0 unspecified atom stereocenters. The molecule has 32 heavy (non-hydrogen) atoms. The summed E-state index contributed by atoms with van der Waals surface area (Å²) in [5.74, 6) is -0.232. The first-order valence-electron chi connectivity index (χ1n) is 10.4. The minimum absolute atomic E-state index is 0.0369. The van der Waals surface area contributed by atoms with E-state index in [4.69, 9.17) is 4.74 Å². The van der Waals surface area contributed by atoms with E-state index in [2.05, 4.69) is 15.4 Å². The van der Waals surface area contributed by atoms with E-state index in [1.54, 1.807) is 25.3 Å². The molecule has 9 heteroatoms. The van der Waals surface area contributed by atoms with Gasteiger partial charge in [-0.3, -0.25) is 14.9 Å². The zero-order chi connectivity index (χ0) is 23.3. The van der Waals surface area contributed by atoms with Gasteiger partial charge in [0.15, 0.2) is 0 Å². The monoisotopic (exact) mass is 441 g/mol. The SMILES string of the molecule is COC(=O)c1cccc(NC2CCC(C(=O)Nc3ccc(C)c(OC)c3)CC2)c1[N+](=O)[O-]. The molecule has 170 valence electrons. The highest BCUT2D eigenvalue weighted by molar-refractivity contribution is 5.96. The maximum atomic E-state index is 12.7. The summed E-state index contributed by atoms with van der Waals surface area (Å²) in [6.07, 6.45) is 2.65. The van der Waals surface area contributed by atoms with Crippen LogP contribution in [0.4, 0.5) is 17.1 Å². The zero-order valence-electron chi connectivity index (χ0n) is 18.3. The van der Waals surface area contributed by atoms with Gasteiger partial charge in [0.25, 0.3) is 0 Å². The van der Waals surface area contributed by atoms with Crippen molar-refractivity contribution in [2.45, 2.75) is 38.6 Å². The van der Waals surface area contributed by atoms with Crippen molar-refractivity contribution in [3.05, 3.63) is 57.6 Å². The van der Waals surface area contributed by atoms with Crippen LogP contribution in [0.2, 0.25) is 0 Å². The highest BCUT2D eigenvalue weighted by Crippen LogP contribution is 2.33. The molecule has 0 spiro atoms. The number of ether oxygens (including phenoxy) is 2. The van der Waals surface area contributed by atoms with E-state index in [0.717, 1.165) is 5.56 Å². The van der Waals surface area contributed by atoms with Crippen LogP contribution in [0.15, 0.2) is 36.4 Å². The van der Waals surface area contributed by atoms with E-state index in [-0.39, 0.29) is 34.8 Å². The van der Waals surface area contributed by atoms with Crippen LogP contribution in [-0.2, 0) is 9.53 Å². The standard InChI is InChI=1S/C23H27N3O6/c1-14-7-10-17(13-20(14)31-2)25-22(27)15-8-11-16(12-9-15)24-19-6-4-5-18(23(28)32-3)21(19)26(29)30/h4-7,10,13,15-16,24H,8-9,11-12H2,1-3H3,(H,25,27). The molecule has 9 nitrogen and oxygen atoms in total. The number of esters is 1. The second kappa shape index (κ2) is 10.1. The molecule has 2 aromatic rings. The molecule has 0 aromatic heterocycles. The Morgan fingerprint density at radius 3 is 2.44 bits per heavy atom. The number of nitro groups is 1. The molecular weight excluding hydrogens is 414 g/mol. The number of anilines is 2. The number of carbonyl (C=O) groups is 2. The highest BCUT2D eigenvalue weighted by Gasteiger charge is 2.30. The van der Waals surface area contributed by atoms with Gasteiger partial charge < -0.3 is 20.1 Å². The third-order valence-electron chi connectivity index (χ3n) is 5.76. The van der Waals surface area contributed by atoms with Crippen LogP contribution in [0.3, 0.4) is 0 Å². The van der Waals surface area contributed by atoms with Crippen molar-refractivity contribution in [1.29, 1.82) is 0 Å². The summed E-state index contributed by atoms with van der Waals surface area (Å²) in [5, 5.41) is 17.7. The highest BCUT2D eigenvalue weighted by atomic mass is 16.6. The fourth-order valence-corrected chi connectivity index (χ4v) is 3.99. The number of benzene rings is 2. The van der Waals surface area contributed by atoms with E-state index >= 15 is 0 Å². The summed E-state index contributed by atoms with van der Waals surface area (Å²) in [7, 11) is 2.78. The summed E-state index contributed by atoms with van der Waals surface area (Å²) in [6, 6.07) is 10.0. The second-order valence-electron chi connectivity index (χ2n) is 7.82. The van der Waals surface area contributed by atoms with Gasteiger partial charge >= 0.3 is 11.7 Å². The Balaban J connectivity index is 1.62. The van der Waals surface area contributed by atoms with Gasteiger partial charge in [-0.25, -0.2) is 4.79 Å². The van der Waals surface area contributed by atoms with Crippen molar-refractivity contribution < 1.29 is 24.0 Å². The molecular formula is C23H27N3O6. The lowest BCUT2D eigenvalue weighted by atomic mass is 9.85. The van der Waals surface area contributed by atoms with E-state index in [1.165, 1.54) is 13.2 Å². The van der Waals surface area contributed by atoms with Crippen molar-refractivity contribution in [2.75, 3.05) is 24.9 Å². The van der Waals surface area contributed by atoms with Crippen LogP contribution >= 0.6 is 0 Å². The van der Waals surface area contributed by atoms with Crippen LogP contribution in [0.25, 0.3) is 0 Å². The predicted octanol–water partition coefficient (Wildman–Crippen LogP) is 4.31. The largest absolute Gasteiger partial charge is 0.496 e. The van der Waals surface area contributed by atoms with Gasteiger partial charge in [0.05, 0.1) is 19.1 Å². The summed E-state index contributed by atoms with van der Waals surface area (Å²) in [5.41, 5.74) is 1.56. The van der Waals surface area contributed by atoms with Crippen molar-refractivity contribution in [3.63, 3.8) is 0 Å². The average Bonchev–Trinajstić information content (AvgIpc) is 2.79. The fraction of sp³-hybridized carbons (Fsp3) is 0.391. The number of para-hydroxylation sites is 1. The lowest BCUT2D eigenvalue weighted by Gasteiger charge is -2.29. The first-order chi connectivity index (χ1) is 15.3. The van der Waals surface area contributed by atoms with Gasteiger partial charge in [-0.1, -0.05) is 12.1 Å². The van der Waals surface area contributed by atoms with Crippen molar-refractivity contribution in [1.82, 2.24) is 0 Å². The Labute approximate surface area is 186 Å². The number of hydrogen-bond acceptors (Lipinski definition) is 7. The Hall–Kier alpha value is -3.62. The topological polar surface area (TPSA) is 120 Å². The molecule has 1 aliphatic carbocycles. The average molecular weight is 441 g/mol. The van der Waals surface area contributed by atoms with Crippen LogP contribution in [-0.4, -0.2) is 37.1 Å². The zero-order valence-corrected chi connectivity index (χ0v) is 18.3. The molecule has 0 radical (unpaired) electrons. The van der Waals surface area contributed by atoms with Crippen molar-refractivity contribution in [2.24, 2.45) is 5.92 Å². The summed E-state index contributed by atoms with van der Waals surface area (Å²) >= 11 is 0. The molecule has 1 amide bonds.